The van der Waals surface area contributed by atoms with E-state index >= 15 is 0 Å². The van der Waals surface area contributed by atoms with E-state index in [2.05, 4.69) is 10.6 Å². The van der Waals surface area contributed by atoms with Gasteiger partial charge in [0.2, 0.25) is 11.8 Å². The highest BCUT2D eigenvalue weighted by Crippen LogP contribution is 2.32. The lowest BCUT2D eigenvalue weighted by Crippen LogP contribution is -2.16. The fourth-order valence-corrected chi connectivity index (χ4v) is 3.39. The van der Waals surface area contributed by atoms with Gasteiger partial charge in [-0.25, -0.2) is 9.59 Å². The molecule has 2 aromatic rings. The van der Waals surface area contributed by atoms with Crippen LogP contribution >= 0.6 is 46.4 Å². The second kappa shape index (κ2) is 17.9. The van der Waals surface area contributed by atoms with E-state index in [-0.39, 0.29) is 31.5 Å². The highest BCUT2D eigenvalue weighted by atomic mass is 35.5. The Hall–Kier alpha value is -3.52. The van der Waals surface area contributed by atoms with Crippen molar-refractivity contribution in [3.05, 3.63) is 68.7 Å². The first-order valence-corrected chi connectivity index (χ1v) is 12.4. The number of carbonyl (C=O) groups excluding carboxylic acids is 2. The van der Waals surface area contributed by atoms with Crippen molar-refractivity contribution in [2.75, 3.05) is 48.5 Å². The van der Waals surface area contributed by atoms with Gasteiger partial charge in [0.25, 0.3) is 0 Å². The molecule has 0 spiro atoms. The van der Waals surface area contributed by atoms with Crippen LogP contribution in [0, 0.1) is 0 Å². The predicted molar refractivity (Wildman–Crippen MR) is 154 cm³/mol. The molecule has 0 unspecified atom stereocenters. The number of nitrogens with two attached hydrogens (primary N) is 2. The minimum atomic E-state index is -1.21. The van der Waals surface area contributed by atoms with Crippen molar-refractivity contribution in [1.29, 1.82) is 0 Å². The molecule has 3 rings (SSSR count). The molecular weight excluding hydrogens is 614 g/mol. The normalized spacial score (nSPS) is 12.5. The number of aliphatic carboxylic acids is 2. The SMILES string of the molecule is C1COCCO1.Nc1c(Cl)cc(NC(=O)/C=C/C(=O)O)cc1Cl.Nc1c(Cl)cc(NC(=O)/C=C/C(=O)O)cc1Cl. The van der Waals surface area contributed by atoms with Crippen LogP contribution in [0.5, 0.6) is 0 Å². The first-order chi connectivity index (χ1) is 18.8. The highest BCUT2D eigenvalue weighted by molar-refractivity contribution is 6.40. The van der Waals surface area contributed by atoms with Crippen LogP contribution in [-0.4, -0.2) is 60.4 Å². The van der Waals surface area contributed by atoms with Crippen LogP contribution in [0.2, 0.25) is 20.1 Å². The maximum atomic E-state index is 11.2. The topological polar surface area (TPSA) is 203 Å². The van der Waals surface area contributed by atoms with Crippen molar-refractivity contribution in [1.82, 2.24) is 0 Å². The van der Waals surface area contributed by atoms with Gasteiger partial charge in [-0.05, 0) is 24.3 Å². The molecule has 0 aliphatic carbocycles. The maximum absolute atomic E-state index is 11.2. The van der Waals surface area contributed by atoms with Gasteiger partial charge >= 0.3 is 11.9 Å². The van der Waals surface area contributed by atoms with Crippen LogP contribution in [0.3, 0.4) is 0 Å². The van der Waals surface area contributed by atoms with Gasteiger partial charge in [0.05, 0.1) is 57.9 Å². The smallest absolute Gasteiger partial charge is 0.328 e. The van der Waals surface area contributed by atoms with Crippen LogP contribution in [0.15, 0.2) is 48.6 Å². The summed E-state index contributed by atoms with van der Waals surface area (Å²) >= 11 is 23.0. The summed E-state index contributed by atoms with van der Waals surface area (Å²) in [7, 11) is 0. The van der Waals surface area contributed by atoms with Crippen molar-refractivity contribution in [3.63, 3.8) is 0 Å². The molecule has 40 heavy (non-hydrogen) atoms. The van der Waals surface area contributed by atoms with Crippen LogP contribution in [-0.2, 0) is 28.7 Å². The van der Waals surface area contributed by atoms with Crippen LogP contribution in [0.25, 0.3) is 0 Å². The minimum absolute atomic E-state index is 0.204. The number of nitrogen functional groups attached to an aromatic ring is 2. The summed E-state index contributed by atoms with van der Waals surface area (Å²) < 4.78 is 9.89. The Bertz CT molecular complexity index is 1130. The van der Waals surface area contributed by atoms with Crippen LogP contribution in [0.4, 0.5) is 22.7 Å². The zero-order valence-corrected chi connectivity index (χ0v) is 23.5. The third kappa shape index (κ3) is 14.0. The van der Waals surface area contributed by atoms with Gasteiger partial charge < -0.3 is 41.8 Å². The van der Waals surface area contributed by atoms with E-state index < -0.39 is 23.8 Å². The Balaban J connectivity index is 0.000000331. The molecule has 1 heterocycles. The number of carbonyl (C=O) groups is 4. The molecule has 16 heteroatoms. The number of amides is 2. The molecule has 8 N–H and O–H groups in total. The summed E-state index contributed by atoms with van der Waals surface area (Å²) in [6, 6.07) is 5.65. The average Bonchev–Trinajstić information content (AvgIpc) is 2.89. The summed E-state index contributed by atoms with van der Waals surface area (Å²) in [6.45, 7) is 3.11. The Labute approximate surface area is 248 Å². The van der Waals surface area contributed by atoms with Gasteiger partial charge in [-0.1, -0.05) is 46.4 Å². The summed E-state index contributed by atoms with van der Waals surface area (Å²) in [5.74, 6) is -3.64. The second-order valence-corrected chi connectivity index (χ2v) is 8.88. The zero-order valence-electron chi connectivity index (χ0n) is 20.5. The van der Waals surface area contributed by atoms with Crippen molar-refractivity contribution < 1.29 is 38.9 Å². The van der Waals surface area contributed by atoms with Crippen molar-refractivity contribution in [2.24, 2.45) is 0 Å². The Kier molecular flexibility index (Phi) is 15.5. The van der Waals surface area contributed by atoms with Crippen molar-refractivity contribution in [2.45, 2.75) is 0 Å². The molecule has 1 fully saturated rings. The molecule has 0 radical (unpaired) electrons. The van der Waals surface area contributed by atoms with E-state index in [4.69, 9.17) is 77.6 Å². The second-order valence-electron chi connectivity index (χ2n) is 7.25. The fourth-order valence-electron chi connectivity index (χ4n) is 2.41. The van der Waals surface area contributed by atoms with Gasteiger partial charge in [-0.15, -0.1) is 0 Å². The number of rotatable bonds is 6. The first-order valence-electron chi connectivity index (χ1n) is 10.9. The minimum Gasteiger partial charge on any atom is -0.478 e. The maximum Gasteiger partial charge on any atom is 0.328 e. The molecule has 2 aromatic carbocycles. The Morgan fingerprint density at radius 1 is 0.625 bits per heavy atom. The lowest BCUT2D eigenvalue weighted by molar-refractivity contribution is -0.132. The monoisotopic (exact) mass is 636 g/mol. The number of ether oxygens (including phenoxy) is 2. The molecular formula is C24H24Cl4N4O8. The van der Waals surface area contributed by atoms with Gasteiger partial charge in [0, 0.05) is 35.7 Å². The molecule has 0 bridgehead atoms. The van der Waals surface area contributed by atoms with Crippen LogP contribution in [0.1, 0.15) is 0 Å². The lowest BCUT2D eigenvalue weighted by atomic mass is 10.2. The summed E-state index contributed by atoms with van der Waals surface area (Å²) in [6.07, 6.45) is 3.19. The van der Waals surface area contributed by atoms with E-state index in [1.807, 2.05) is 0 Å². The van der Waals surface area contributed by atoms with Crippen molar-refractivity contribution >= 4 is 92.9 Å². The van der Waals surface area contributed by atoms with E-state index in [0.717, 1.165) is 50.7 Å². The van der Waals surface area contributed by atoms with E-state index in [9.17, 15) is 19.2 Å². The molecule has 1 saturated heterocycles. The predicted octanol–water partition coefficient (Wildman–Crippen LogP) is 4.34. The molecule has 0 saturated carbocycles. The summed E-state index contributed by atoms with van der Waals surface area (Å²) in [5.41, 5.74) is 12.1. The number of benzene rings is 2. The molecule has 1 aliphatic heterocycles. The number of halogens is 4. The Morgan fingerprint density at radius 3 is 1.12 bits per heavy atom. The fraction of sp³-hybridized carbons (Fsp3) is 0.167. The third-order valence-corrected chi connectivity index (χ3v) is 5.44. The summed E-state index contributed by atoms with van der Waals surface area (Å²) in [5, 5.41) is 22.3. The lowest BCUT2D eigenvalue weighted by Gasteiger charge is -2.09. The van der Waals surface area contributed by atoms with Gasteiger partial charge in [0.1, 0.15) is 0 Å². The number of hydrogen-bond acceptors (Lipinski definition) is 8. The van der Waals surface area contributed by atoms with Crippen LogP contribution < -0.4 is 22.1 Å². The highest BCUT2D eigenvalue weighted by Gasteiger charge is 2.07. The largest absolute Gasteiger partial charge is 0.478 e. The Morgan fingerprint density at radius 2 is 0.900 bits per heavy atom. The standard InChI is InChI=1S/2C10H8Cl2N2O3.C4H8O2/c2*11-6-3-5(4-7(12)10(6)13)14-8(15)1-2-9(16)17;1-2-6-4-3-5-1/h2*1-4H,13H2,(H,14,15)(H,16,17);1-4H2/b2*2-1+;. The third-order valence-electron chi connectivity index (χ3n) is 4.19. The quantitative estimate of drug-likeness (QED) is 0.195. The van der Waals surface area contributed by atoms with Gasteiger partial charge in [0.15, 0.2) is 0 Å². The molecule has 1 aliphatic rings. The number of anilines is 4. The molecule has 0 atom stereocenters. The molecule has 12 nitrogen and oxygen atoms in total. The van der Waals surface area contributed by atoms with Gasteiger partial charge in [-0.2, -0.15) is 0 Å². The molecule has 2 amide bonds. The van der Waals surface area contributed by atoms with Crippen molar-refractivity contribution in [3.8, 4) is 0 Å². The zero-order chi connectivity index (χ0) is 30.2. The van der Waals surface area contributed by atoms with E-state index in [1.165, 1.54) is 24.3 Å². The summed E-state index contributed by atoms with van der Waals surface area (Å²) in [4.78, 5) is 42.9. The van der Waals surface area contributed by atoms with E-state index in [0.29, 0.717) is 11.4 Å². The molecule has 0 aromatic heterocycles. The number of hydrogen-bond donors (Lipinski definition) is 6. The number of carboxylic acid groups (broad SMARTS) is 2. The van der Waals surface area contributed by atoms with Gasteiger partial charge in [-0.3, -0.25) is 9.59 Å². The van der Waals surface area contributed by atoms with E-state index in [1.54, 1.807) is 0 Å². The average molecular weight is 638 g/mol. The number of carboxylic acids is 2. The molecule has 216 valence electrons. The first kappa shape index (κ1) is 34.5. The number of nitrogens with one attached hydrogen (secondary N) is 2.